The third kappa shape index (κ3) is 15.4. The number of carbonyl (C=O) groups is 1. The van der Waals surface area contributed by atoms with E-state index in [0.717, 1.165) is 6.42 Å². The quantitative estimate of drug-likeness (QED) is 0.226. The van der Waals surface area contributed by atoms with E-state index in [-0.39, 0.29) is 42.5 Å². The molecule has 0 aliphatic carbocycles. The van der Waals surface area contributed by atoms with Crippen molar-refractivity contribution in [3.8, 4) is 0 Å². The lowest BCUT2D eigenvalue weighted by molar-refractivity contribution is -0.152. The molecule has 3 N–H and O–H groups in total. The standard InChI is InChI=1S/C12H25N3O3.HI/c1-5-17-8-6-7-14-11(13)15-9-10(16)18-12(2,3)4;/h5-9H2,1-4H3,(H3,13,14,15);1H. The summed E-state index contributed by atoms with van der Waals surface area (Å²) in [5.74, 6) is -0.140. The summed E-state index contributed by atoms with van der Waals surface area (Å²) in [4.78, 5) is 15.2. The van der Waals surface area contributed by atoms with Gasteiger partial charge in [-0.3, -0.25) is 4.79 Å². The molecule has 0 aliphatic heterocycles. The van der Waals surface area contributed by atoms with Gasteiger partial charge in [0.05, 0.1) is 0 Å². The molecule has 0 bridgehead atoms. The highest BCUT2D eigenvalue weighted by Gasteiger charge is 2.15. The number of hydrogen-bond donors (Lipinski definition) is 2. The summed E-state index contributed by atoms with van der Waals surface area (Å²) < 4.78 is 10.3. The van der Waals surface area contributed by atoms with Crippen LogP contribution in [0.4, 0.5) is 0 Å². The second kappa shape index (κ2) is 11.3. The molecular weight excluding hydrogens is 361 g/mol. The largest absolute Gasteiger partial charge is 0.459 e. The van der Waals surface area contributed by atoms with Crippen molar-refractivity contribution in [2.75, 3.05) is 26.3 Å². The van der Waals surface area contributed by atoms with E-state index in [1.165, 1.54) is 0 Å². The van der Waals surface area contributed by atoms with Crippen molar-refractivity contribution >= 4 is 35.9 Å². The first-order valence-electron chi connectivity index (χ1n) is 6.18. The minimum absolute atomic E-state index is 0. The fraction of sp³-hybridized carbons (Fsp3) is 0.833. The van der Waals surface area contributed by atoms with Crippen LogP contribution in [0.2, 0.25) is 0 Å². The molecule has 0 aromatic heterocycles. The molecule has 0 aliphatic rings. The lowest BCUT2D eigenvalue weighted by Crippen LogP contribution is -2.34. The van der Waals surface area contributed by atoms with Crippen molar-refractivity contribution < 1.29 is 14.3 Å². The van der Waals surface area contributed by atoms with Crippen LogP contribution in [0.3, 0.4) is 0 Å². The Hall–Kier alpha value is -0.570. The van der Waals surface area contributed by atoms with Crippen LogP contribution in [0.5, 0.6) is 0 Å². The number of esters is 1. The Morgan fingerprint density at radius 3 is 2.53 bits per heavy atom. The number of aliphatic imine (C=N–C) groups is 1. The molecule has 114 valence electrons. The average Bonchev–Trinajstić information content (AvgIpc) is 2.24. The number of halogens is 1. The SMILES string of the molecule is CCOCCCNC(N)=NCC(=O)OC(C)(C)C.I. The Morgan fingerprint density at radius 1 is 1.37 bits per heavy atom. The fourth-order valence-corrected chi connectivity index (χ4v) is 1.11. The zero-order chi connectivity index (χ0) is 14.0. The van der Waals surface area contributed by atoms with E-state index in [2.05, 4.69) is 10.3 Å². The average molecular weight is 387 g/mol. The molecule has 0 aromatic rings. The van der Waals surface area contributed by atoms with Crippen molar-refractivity contribution in [2.24, 2.45) is 10.7 Å². The lowest BCUT2D eigenvalue weighted by atomic mass is 10.2. The molecule has 19 heavy (non-hydrogen) atoms. The summed E-state index contributed by atoms with van der Waals surface area (Å²) >= 11 is 0. The number of rotatable bonds is 7. The van der Waals surface area contributed by atoms with E-state index in [9.17, 15) is 4.79 Å². The summed E-state index contributed by atoms with van der Waals surface area (Å²) in [6.45, 7) is 9.37. The first-order valence-corrected chi connectivity index (χ1v) is 6.18. The molecule has 0 unspecified atom stereocenters. The van der Waals surface area contributed by atoms with Gasteiger partial charge in [-0.15, -0.1) is 24.0 Å². The second-order valence-corrected chi connectivity index (χ2v) is 4.77. The van der Waals surface area contributed by atoms with Crippen LogP contribution in [-0.2, 0) is 14.3 Å². The van der Waals surface area contributed by atoms with E-state index in [0.29, 0.717) is 19.8 Å². The molecule has 0 atom stereocenters. The van der Waals surface area contributed by atoms with Gasteiger partial charge < -0.3 is 20.5 Å². The summed E-state index contributed by atoms with van der Waals surface area (Å²) in [5, 5.41) is 2.90. The van der Waals surface area contributed by atoms with Crippen LogP contribution in [0.1, 0.15) is 34.1 Å². The van der Waals surface area contributed by atoms with E-state index in [1.54, 1.807) is 0 Å². The van der Waals surface area contributed by atoms with Gasteiger partial charge in [-0.2, -0.15) is 0 Å². The third-order valence-electron chi connectivity index (χ3n) is 1.77. The minimum Gasteiger partial charge on any atom is -0.459 e. The first kappa shape index (κ1) is 20.7. The lowest BCUT2D eigenvalue weighted by Gasteiger charge is -2.18. The Kier molecular flexibility index (Phi) is 12.3. The van der Waals surface area contributed by atoms with Crippen LogP contribution in [-0.4, -0.2) is 43.8 Å². The number of nitrogens with zero attached hydrogens (tertiary/aromatic N) is 1. The van der Waals surface area contributed by atoms with Crippen molar-refractivity contribution in [3.63, 3.8) is 0 Å². The van der Waals surface area contributed by atoms with Gasteiger partial charge in [0.2, 0.25) is 0 Å². The smallest absolute Gasteiger partial charge is 0.328 e. The third-order valence-corrected chi connectivity index (χ3v) is 1.77. The number of guanidine groups is 1. The molecule has 6 nitrogen and oxygen atoms in total. The number of carbonyl (C=O) groups excluding carboxylic acids is 1. The Balaban J connectivity index is 0. The second-order valence-electron chi connectivity index (χ2n) is 4.77. The molecule has 0 radical (unpaired) electrons. The molecule has 0 heterocycles. The highest BCUT2D eigenvalue weighted by molar-refractivity contribution is 14.0. The predicted molar refractivity (Wildman–Crippen MR) is 86.9 cm³/mol. The molecule has 7 heteroatoms. The molecule has 0 saturated heterocycles. The summed E-state index contributed by atoms with van der Waals surface area (Å²) in [5.41, 5.74) is 5.10. The fourth-order valence-electron chi connectivity index (χ4n) is 1.11. The minimum atomic E-state index is -0.494. The zero-order valence-corrected chi connectivity index (χ0v) is 14.5. The summed E-state index contributed by atoms with van der Waals surface area (Å²) in [7, 11) is 0. The van der Waals surface area contributed by atoms with Crippen molar-refractivity contribution in [2.45, 2.75) is 39.7 Å². The van der Waals surface area contributed by atoms with Gasteiger partial charge >= 0.3 is 5.97 Å². The zero-order valence-electron chi connectivity index (χ0n) is 12.2. The van der Waals surface area contributed by atoms with Gasteiger partial charge in [-0.1, -0.05) is 0 Å². The molecular formula is C12H26IN3O3. The van der Waals surface area contributed by atoms with E-state index in [4.69, 9.17) is 15.2 Å². The maximum atomic E-state index is 11.3. The number of ether oxygens (including phenoxy) is 2. The monoisotopic (exact) mass is 387 g/mol. The van der Waals surface area contributed by atoms with Crippen LogP contribution < -0.4 is 11.1 Å². The molecule has 0 fully saturated rings. The van der Waals surface area contributed by atoms with Gasteiger partial charge in [0, 0.05) is 19.8 Å². The predicted octanol–water partition coefficient (Wildman–Crippen LogP) is 1.28. The molecule has 0 aromatic carbocycles. The molecule has 0 amide bonds. The maximum Gasteiger partial charge on any atom is 0.328 e. The van der Waals surface area contributed by atoms with E-state index in [1.807, 2.05) is 27.7 Å². The van der Waals surface area contributed by atoms with Gasteiger partial charge in [0.15, 0.2) is 5.96 Å². The first-order chi connectivity index (χ1) is 8.35. The van der Waals surface area contributed by atoms with Crippen LogP contribution in [0.15, 0.2) is 4.99 Å². The van der Waals surface area contributed by atoms with Gasteiger partial charge in [0.25, 0.3) is 0 Å². The maximum absolute atomic E-state index is 11.3. The number of nitrogens with one attached hydrogen (secondary N) is 1. The molecule has 0 spiro atoms. The Labute approximate surface area is 132 Å². The van der Waals surface area contributed by atoms with Crippen molar-refractivity contribution in [1.82, 2.24) is 5.32 Å². The Morgan fingerprint density at radius 2 is 2.00 bits per heavy atom. The van der Waals surface area contributed by atoms with Gasteiger partial charge in [-0.05, 0) is 34.1 Å². The Bertz CT molecular complexity index is 278. The van der Waals surface area contributed by atoms with Gasteiger partial charge in [-0.25, -0.2) is 4.99 Å². The topological polar surface area (TPSA) is 85.9 Å². The van der Waals surface area contributed by atoms with Crippen LogP contribution >= 0.6 is 24.0 Å². The van der Waals surface area contributed by atoms with Crippen LogP contribution in [0, 0.1) is 0 Å². The molecule has 0 rings (SSSR count). The van der Waals surface area contributed by atoms with E-state index < -0.39 is 5.60 Å². The van der Waals surface area contributed by atoms with Crippen molar-refractivity contribution in [1.29, 1.82) is 0 Å². The van der Waals surface area contributed by atoms with Crippen LogP contribution in [0.25, 0.3) is 0 Å². The normalized spacial score (nSPS) is 11.7. The molecule has 0 saturated carbocycles. The summed E-state index contributed by atoms with van der Waals surface area (Å²) in [6, 6.07) is 0. The van der Waals surface area contributed by atoms with E-state index >= 15 is 0 Å². The highest BCUT2D eigenvalue weighted by atomic mass is 127. The number of hydrogen-bond acceptors (Lipinski definition) is 4. The summed E-state index contributed by atoms with van der Waals surface area (Å²) in [6.07, 6.45) is 0.844. The van der Waals surface area contributed by atoms with Crippen molar-refractivity contribution in [3.05, 3.63) is 0 Å². The number of nitrogens with two attached hydrogens (primary N) is 1. The highest BCUT2D eigenvalue weighted by Crippen LogP contribution is 2.06. The van der Waals surface area contributed by atoms with Gasteiger partial charge in [0.1, 0.15) is 12.1 Å².